The van der Waals surface area contributed by atoms with E-state index in [9.17, 15) is 14.2 Å². The first kappa shape index (κ1) is 22.7. The van der Waals surface area contributed by atoms with Crippen molar-refractivity contribution in [3.05, 3.63) is 32.6 Å². The van der Waals surface area contributed by atoms with Crippen molar-refractivity contribution in [1.29, 1.82) is 0 Å². The summed E-state index contributed by atoms with van der Waals surface area (Å²) in [5.41, 5.74) is -0.548. The molecule has 0 aromatic carbocycles. The van der Waals surface area contributed by atoms with Gasteiger partial charge in [0, 0.05) is 57.1 Å². The normalized spacial score (nSPS) is 26.5. The standard InChI is InChI=1S/C17H29ClN5O5P/c1-12(2)21-4-6-22(7-5-21)29(18,26)27-11-14-8-19-9-15(28-14)23-10-13(3)16(24)20-17(23)25/h10,12,14-15,19H,4-9,11H2,1-3H3,(H,20,24,25). The maximum Gasteiger partial charge on any atom is 0.363 e. The van der Waals surface area contributed by atoms with Gasteiger partial charge in [0.2, 0.25) is 0 Å². The van der Waals surface area contributed by atoms with Crippen LogP contribution < -0.4 is 16.6 Å². The number of H-pyrrole nitrogens is 1. The molecule has 0 amide bonds. The second-order valence-electron chi connectivity index (χ2n) is 7.68. The van der Waals surface area contributed by atoms with Crippen LogP contribution in [0.1, 0.15) is 25.6 Å². The van der Waals surface area contributed by atoms with E-state index in [4.69, 9.17) is 20.5 Å². The van der Waals surface area contributed by atoms with Crippen LogP contribution in [0.15, 0.2) is 15.8 Å². The quantitative estimate of drug-likeness (QED) is 0.611. The first-order valence-electron chi connectivity index (χ1n) is 9.79. The van der Waals surface area contributed by atoms with E-state index in [1.54, 1.807) is 11.6 Å². The minimum absolute atomic E-state index is 0.0335. The molecule has 3 heterocycles. The molecule has 29 heavy (non-hydrogen) atoms. The second kappa shape index (κ2) is 9.43. The van der Waals surface area contributed by atoms with Crippen LogP contribution in [0, 0.1) is 6.92 Å². The van der Waals surface area contributed by atoms with Gasteiger partial charge in [0.05, 0.1) is 12.7 Å². The number of hydrogen-bond acceptors (Lipinski definition) is 7. The lowest BCUT2D eigenvalue weighted by Crippen LogP contribution is -2.48. The molecule has 2 aliphatic heterocycles. The van der Waals surface area contributed by atoms with Gasteiger partial charge in [-0.15, -0.1) is 0 Å². The highest BCUT2D eigenvalue weighted by molar-refractivity contribution is 7.83. The van der Waals surface area contributed by atoms with Crippen molar-refractivity contribution < 1.29 is 13.8 Å². The van der Waals surface area contributed by atoms with Crippen LogP contribution in [0.2, 0.25) is 0 Å². The Morgan fingerprint density at radius 2 is 1.97 bits per heavy atom. The molecule has 2 N–H and O–H groups in total. The van der Waals surface area contributed by atoms with Crippen LogP contribution in [-0.4, -0.2) is 77.1 Å². The summed E-state index contributed by atoms with van der Waals surface area (Å²) in [5.74, 6) is 0. The fraction of sp³-hybridized carbons (Fsp3) is 0.765. The van der Waals surface area contributed by atoms with Crippen molar-refractivity contribution in [1.82, 2.24) is 24.4 Å². The summed E-state index contributed by atoms with van der Waals surface area (Å²) in [6.07, 6.45) is 0.429. The summed E-state index contributed by atoms with van der Waals surface area (Å²) in [6, 6.07) is 0.436. The van der Waals surface area contributed by atoms with Crippen molar-refractivity contribution in [3.63, 3.8) is 0 Å². The molecule has 0 spiro atoms. The average molecular weight is 450 g/mol. The Hall–Kier alpha value is -1.00. The van der Waals surface area contributed by atoms with Crippen LogP contribution in [0.3, 0.4) is 0 Å². The van der Waals surface area contributed by atoms with E-state index in [1.807, 2.05) is 0 Å². The number of rotatable bonds is 6. The predicted octanol–water partition coefficient (Wildman–Crippen LogP) is 0.722. The minimum Gasteiger partial charge on any atom is -0.350 e. The van der Waals surface area contributed by atoms with Gasteiger partial charge in [-0.25, -0.2) is 9.46 Å². The molecule has 3 atom stereocenters. The molecule has 0 saturated carbocycles. The van der Waals surface area contributed by atoms with E-state index in [2.05, 4.69) is 29.0 Å². The lowest BCUT2D eigenvalue weighted by molar-refractivity contribution is -0.0935. The topological polar surface area (TPSA) is 109 Å². The third-order valence-corrected chi connectivity index (χ3v) is 7.75. The molecule has 0 radical (unpaired) electrons. The van der Waals surface area contributed by atoms with E-state index < -0.39 is 30.5 Å². The van der Waals surface area contributed by atoms with Gasteiger partial charge >= 0.3 is 12.6 Å². The Morgan fingerprint density at radius 3 is 2.62 bits per heavy atom. The Balaban J connectivity index is 1.57. The summed E-state index contributed by atoms with van der Waals surface area (Å²) in [6.45, 7) is 6.08. The number of aromatic nitrogens is 2. The van der Waals surface area contributed by atoms with Gasteiger partial charge in [0.25, 0.3) is 5.56 Å². The van der Waals surface area contributed by atoms with Crippen molar-refractivity contribution in [2.45, 2.75) is 39.1 Å². The van der Waals surface area contributed by atoms with Crippen LogP contribution in [0.4, 0.5) is 0 Å². The Kier molecular flexibility index (Phi) is 7.37. The first-order chi connectivity index (χ1) is 13.7. The summed E-state index contributed by atoms with van der Waals surface area (Å²) in [7, 11) is 0. The van der Waals surface area contributed by atoms with E-state index in [-0.39, 0.29) is 6.61 Å². The third-order valence-electron chi connectivity index (χ3n) is 5.28. The van der Waals surface area contributed by atoms with Gasteiger partial charge in [0.1, 0.15) is 0 Å². The van der Waals surface area contributed by atoms with Gasteiger partial charge < -0.3 is 14.6 Å². The number of ether oxygens (including phenoxy) is 1. The lowest BCUT2D eigenvalue weighted by atomic mass is 10.3. The molecular weight excluding hydrogens is 421 g/mol. The second-order valence-corrected chi connectivity index (χ2v) is 10.7. The number of piperazine rings is 1. The van der Waals surface area contributed by atoms with E-state index in [0.717, 1.165) is 13.1 Å². The fourth-order valence-corrected chi connectivity index (χ4v) is 5.26. The number of nitrogens with zero attached hydrogens (tertiary/aromatic N) is 3. The number of aromatic amines is 1. The molecule has 2 fully saturated rings. The van der Waals surface area contributed by atoms with Gasteiger partial charge in [-0.3, -0.25) is 23.8 Å². The van der Waals surface area contributed by atoms with Crippen LogP contribution in [0.25, 0.3) is 0 Å². The van der Waals surface area contributed by atoms with Gasteiger partial charge in [-0.05, 0) is 32.0 Å². The van der Waals surface area contributed by atoms with Crippen molar-refractivity contribution in [2.75, 3.05) is 45.9 Å². The zero-order valence-corrected chi connectivity index (χ0v) is 18.6. The molecule has 3 unspecified atom stereocenters. The van der Waals surface area contributed by atoms with Crippen LogP contribution >= 0.6 is 18.1 Å². The average Bonchev–Trinajstić information content (AvgIpc) is 2.69. The lowest BCUT2D eigenvalue weighted by Gasteiger charge is -2.38. The molecule has 1 aromatic rings. The van der Waals surface area contributed by atoms with Gasteiger partial charge in [-0.2, -0.15) is 0 Å². The van der Waals surface area contributed by atoms with E-state index >= 15 is 0 Å². The zero-order valence-electron chi connectivity index (χ0n) is 17.0. The van der Waals surface area contributed by atoms with Crippen molar-refractivity contribution in [3.8, 4) is 0 Å². The molecule has 2 saturated heterocycles. The van der Waals surface area contributed by atoms with Gasteiger partial charge in [-0.1, -0.05) is 0 Å². The molecule has 0 aliphatic carbocycles. The summed E-state index contributed by atoms with van der Waals surface area (Å²) < 4.78 is 27.4. The Morgan fingerprint density at radius 1 is 1.28 bits per heavy atom. The third kappa shape index (κ3) is 5.58. The van der Waals surface area contributed by atoms with Crippen LogP contribution in [0.5, 0.6) is 0 Å². The Labute approximate surface area is 174 Å². The van der Waals surface area contributed by atoms with E-state index in [1.165, 1.54) is 10.8 Å². The number of nitrogens with one attached hydrogen (secondary N) is 2. The number of hydrogen-bond donors (Lipinski definition) is 2. The summed E-state index contributed by atoms with van der Waals surface area (Å²) in [4.78, 5) is 28.2. The molecule has 0 bridgehead atoms. The minimum atomic E-state index is -3.45. The number of halogens is 1. The van der Waals surface area contributed by atoms with Crippen molar-refractivity contribution in [2.24, 2.45) is 0 Å². The Bertz CT molecular complexity index is 867. The molecular formula is C17H29ClN5O5P. The summed E-state index contributed by atoms with van der Waals surface area (Å²) >= 11 is 6.25. The van der Waals surface area contributed by atoms with Crippen LogP contribution in [-0.2, 0) is 13.8 Å². The maximum absolute atomic E-state index is 12.9. The van der Waals surface area contributed by atoms with Gasteiger partial charge in [0.15, 0.2) is 6.23 Å². The SMILES string of the molecule is Cc1cn(C2CNCC(COP(=O)(Cl)N3CCN(C(C)C)CC3)O2)c(=O)[nH]c1=O. The molecule has 12 heteroatoms. The number of morpholine rings is 1. The molecule has 3 rings (SSSR count). The smallest absolute Gasteiger partial charge is 0.350 e. The largest absolute Gasteiger partial charge is 0.363 e. The molecule has 10 nitrogen and oxygen atoms in total. The predicted molar refractivity (Wildman–Crippen MR) is 111 cm³/mol. The zero-order chi connectivity index (χ0) is 21.2. The fourth-order valence-electron chi connectivity index (χ4n) is 3.47. The maximum atomic E-state index is 12.9. The monoisotopic (exact) mass is 449 g/mol. The molecule has 2 aliphatic rings. The first-order valence-corrected chi connectivity index (χ1v) is 12.3. The highest BCUT2D eigenvalue weighted by Crippen LogP contribution is 2.56. The van der Waals surface area contributed by atoms with E-state index in [0.29, 0.717) is 37.8 Å². The number of aryl methyl sites for hydroxylation is 1. The molecule has 164 valence electrons. The van der Waals surface area contributed by atoms with Crippen molar-refractivity contribution >= 4 is 18.1 Å². The highest BCUT2D eigenvalue weighted by Gasteiger charge is 2.35. The summed E-state index contributed by atoms with van der Waals surface area (Å²) in [5, 5.41) is 3.17. The molecule has 1 aromatic heterocycles. The highest BCUT2D eigenvalue weighted by atomic mass is 35.7.